The van der Waals surface area contributed by atoms with Gasteiger partial charge in [0.1, 0.15) is 5.69 Å². The van der Waals surface area contributed by atoms with Crippen LogP contribution in [0, 0.1) is 18.3 Å². The van der Waals surface area contributed by atoms with E-state index in [9.17, 15) is 13.7 Å². The minimum atomic E-state index is -4.00. The number of rotatable bonds is 6. The van der Waals surface area contributed by atoms with Gasteiger partial charge in [0.15, 0.2) is 11.1 Å². The van der Waals surface area contributed by atoms with Gasteiger partial charge in [0.25, 0.3) is 0 Å². The third kappa shape index (κ3) is 4.81. The highest BCUT2D eigenvalue weighted by Crippen LogP contribution is 2.34. The highest BCUT2D eigenvalue weighted by atomic mass is 32.2. The fraction of sp³-hybridized carbons (Fsp3) is 0.250. The molecule has 7 nitrogen and oxygen atoms in total. The van der Waals surface area contributed by atoms with E-state index in [0.29, 0.717) is 29.9 Å². The van der Waals surface area contributed by atoms with Gasteiger partial charge in [0.2, 0.25) is 9.84 Å². The first-order valence-corrected chi connectivity index (χ1v) is 13.5. The zero-order valence-corrected chi connectivity index (χ0v) is 20.9. The monoisotopic (exact) mass is 497 g/mol. The Morgan fingerprint density at radius 3 is 2.11 bits per heavy atom. The van der Waals surface area contributed by atoms with E-state index in [1.165, 1.54) is 5.56 Å². The molecule has 4 aromatic rings. The molecule has 1 saturated heterocycles. The van der Waals surface area contributed by atoms with Crippen LogP contribution in [-0.4, -0.2) is 49.5 Å². The lowest BCUT2D eigenvalue weighted by molar-refractivity contribution is 0.249. The van der Waals surface area contributed by atoms with Crippen LogP contribution in [0.5, 0.6) is 0 Å². The summed E-state index contributed by atoms with van der Waals surface area (Å²) in [4.78, 5) is 14.1. The Morgan fingerprint density at radius 2 is 1.47 bits per heavy atom. The number of hydrogen-bond acceptors (Lipinski definition) is 7. The van der Waals surface area contributed by atoms with Crippen LogP contribution in [0.3, 0.4) is 0 Å². The third-order valence-electron chi connectivity index (χ3n) is 6.52. The van der Waals surface area contributed by atoms with E-state index in [-0.39, 0.29) is 10.6 Å². The van der Waals surface area contributed by atoms with Gasteiger partial charge < -0.3 is 4.90 Å². The Labute approximate surface area is 211 Å². The zero-order valence-electron chi connectivity index (χ0n) is 20.1. The van der Waals surface area contributed by atoms with Crippen molar-refractivity contribution in [1.29, 1.82) is 5.26 Å². The lowest BCUT2D eigenvalue weighted by Gasteiger charge is -2.36. The van der Waals surface area contributed by atoms with Crippen molar-refractivity contribution in [3.05, 3.63) is 95.7 Å². The van der Waals surface area contributed by atoms with E-state index in [1.807, 2.05) is 49.4 Å². The molecule has 1 fully saturated rings. The van der Waals surface area contributed by atoms with Gasteiger partial charge in [-0.15, -0.1) is 0 Å². The molecule has 5 rings (SSSR count). The van der Waals surface area contributed by atoms with Crippen molar-refractivity contribution in [2.45, 2.75) is 23.6 Å². The van der Waals surface area contributed by atoms with Crippen molar-refractivity contribution in [2.75, 3.05) is 31.1 Å². The Balaban J connectivity index is 1.49. The molecule has 0 N–H and O–H groups in total. The Morgan fingerprint density at radius 1 is 0.861 bits per heavy atom. The molecule has 2 heterocycles. The van der Waals surface area contributed by atoms with Gasteiger partial charge in [-0.2, -0.15) is 5.26 Å². The zero-order chi connectivity index (χ0) is 25.1. The number of piperazine rings is 1. The van der Waals surface area contributed by atoms with Gasteiger partial charge in [-0.25, -0.2) is 18.4 Å². The van der Waals surface area contributed by atoms with Gasteiger partial charge >= 0.3 is 0 Å². The lowest BCUT2D eigenvalue weighted by Crippen LogP contribution is -2.46. The van der Waals surface area contributed by atoms with Crippen LogP contribution in [0.1, 0.15) is 22.1 Å². The molecule has 0 aliphatic carbocycles. The van der Waals surface area contributed by atoms with E-state index in [1.54, 1.807) is 30.3 Å². The van der Waals surface area contributed by atoms with E-state index in [4.69, 9.17) is 9.97 Å². The first-order valence-electron chi connectivity index (χ1n) is 11.9. The molecule has 0 spiro atoms. The molecule has 1 aliphatic heterocycles. The van der Waals surface area contributed by atoms with Gasteiger partial charge in [-0.3, -0.25) is 4.90 Å². The maximum Gasteiger partial charge on any atom is 0.200 e. The second-order valence-electron chi connectivity index (χ2n) is 9.04. The number of hydrogen-bond donors (Lipinski definition) is 0. The van der Waals surface area contributed by atoms with Crippen molar-refractivity contribution >= 4 is 26.7 Å². The molecule has 0 saturated carbocycles. The predicted molar refractivity (Wildman–Crippen MR) is 140 cm³/mol. The number of fused-ring (bicyclic) bond motifs is 1. The highest BCUT2D eigenvalue weighted by molar-refractivity contribution is 7.92. The maximum atomic E-state index is 13.6. The Hall–Kier alpha value is -3.80. The predicted octanol–water partition coefficient (Wildman–Crippen LogP) is 4.30. The van der Waals surface area contributed by atoms with Crippen LogP contribution in [0.2, 0.25) is 0 Å². The summed E-state index contributed by atoms with van der Waals surface area (Å²) >= 11 is 0. The Kier molecular flexibility index (Phi) is 6.68. The second-order valence-corrected chi connectivity index (χ2v) is 11.1. The normalized spacial score (nSPS) is 15.5. The lowest BCUT2D eigenvalue weighted by atomic mass is 10.2. The third-order valence-corrected chi connectivity index (χ3v) is 8.40. The molecule has 36 heavy (non-hydrogen) atoms. The van der Waals surface area contributed by atoms with Crippen LogP contribution < -0.4 is 4.90 Å². The highest BCUT2D eigenvalue weighted by Gasteiger charge is 2.35. The second kappa shape index (κ2) is 10.1. The van der Waals surface area contributed by atoms with Crippen LogP contribution in [0.25, 0.3) is 11.0 Å². The summed E-state index contributed by atoms with van der Waals surface area (Å²) in [7, 11) is -4.00. The fourth-order valence-electron chi connectivity index (χ4n) is 4.51. The number of sulfone groups is 1. The minimum absolute atomic E-state index is 0.105. The first-order chi connectivity index (χ1) is 17.5. The summed E-state index contributed by atoms with van der Waals surface area (Å²) in [5.74, 6) is 0.468. The van der Waals surface area contributed by atoms with Crippen LogP contribution >= 0.6 is 0 Å². The maximum absolute atomic E-state index is 13.6. The Bertz CT molecular complexity index is 1510. The molecule has 0 amide bonds. The van der Waals surface area contributed by atoms with Crippen LogP contribution in [-0.2, 0) is 16.4 Å². The van der Waals surface area contributed by atoms with Gasteiger partial charge in [-0.1, -0.05) is 60.2 Å². The van der Waals surface area contributed by atoms with Crippen molar-refractivity contribution < 1.29 is 8.42 Å². The molecule has 3 aromatic carbocycles. The SMILES string of the molecule is Cc1ccc(S(=O)(=O)C(C#N)c2nc3ccccc3nc2N2CCN(Cc3ccccc3)CC2)cc1. The molecule has 1 atom stereocenters. The van der Waals surface area contributed by atoms with E-state index >= 15 is 0 Å². The molecule has 0 radical (unpaired) electrons. The van der Waals surface area contributed by atoms with Gasteiger partial charge in [0.05, 0.1) is 22.0 Å². The summed E-state index contributed by atoms with van der Waals surface area (Å²) in [5, 5.41) is 8.65. The summed E-state index contributed by atoms with van der Waals surface area (Å²) in [6.07, 6.45) is 0. The summed E-state index contributed by atoms with van der Waals surface area (Å²) in [6, 6.07) is 26.3. The number of aryl methyl sites for hydroxylation is 1. The number of anilines is 1. The quantitative estimate of drug-likeness (QED) is 0.392. The van der Waals surface area contributed by atoms with E-state index in [2.05, 4.69) is 21.9 Å². The van der Waals surface area contributed by atoms with Crippen molar-refractivity contribution in [3.8, 4) is 6.07 Å². The molecule has 0 bridgehead atoms. The number of aromatic nitrogens is 2. The smallest absolute Gasteiger partial charge is 0.200 e. The van der Waals surface area contributed by atoms with Crippen molar-refractivity contribution in [2.24, 2.45) is 0 Å². The molecular formula is C28H27N5O2S. The number of nitrogens with zero attached hydrogens (tertiary/aromatic N) is 5. The summed E-state index contributed by atoms with van der Waals surface area (Å²) in [5.41, 5.74) is 3.63. The molecule has 1 unspecified atom stereocenters. The minimum Gasteiger partial charge on any atom is -0.352 e. The van der Waals surface area contributed by atoms with Crippen LogP contribution in [0.4, 0.5) is 5.82 Å². The number of para-hydroxylation sites is 2. The topological polar surface area (TPSA) is 90.2 Å². The van der Waals surface area contributed by atoms with E-state index in [0.717, 1.165) is 25.2 Å². The average Bonchev–Trinajstić information content (AvgIpc) is 2.90. The van der Waals surface area contributed by atoms with Crippen molar-refractivity contribution in [3.63, 3.8) is 0 Å². The largest absolute Gasteiger partial charge is 0.352 e. The van der Waals surface area contributed by atoms with Crippen molar-refractivity contribution in [1.82, 2.24) is 14.9 Å². The number of nitriles is 1. The van der Waals surface area contributed by atoms with Gasteiger partial charge in [-0.05, 0) is 36.8 Å². The first kappa shape index (κ1) is 23.9. The van der Waals surface area contributed by atoms with Gasteiger partial charge in [0, 0.05) is 32.7 Å². The number of benzene rings is 3. The summed E-state index contributed by atoms with van der Waals surface area (Å²) in [6.45, 7) is 5.66. The molecular weight excluding hydrogens is 470 g/mol. The molecule has 1 aromatic heterocycles. The fourth-order valence-corrected chi connectivity index (χ4v) is 5.89. The summed E-state index contributed by atoms with van der Waals surface area (Å²) < 4.78 is 27.2. The average molecular weight is 498 g/mol. The molecule has 8 heteroatoms. The molecule has 182 valence electrons. The van der Waals surface area contributed by atoms with E-state index < -0.39 is 15.1 Å². The standard InChI is InChI=1S/C28H27N5O2S/c1-21-11-13-23(14-12-21)36(34,35)26(19-29)27-28(31-25-10-6-5-9-24(25)30-27)33-17-15-32(16-18-33)20-22-7-3-2-4-8-22/h2-14,26H,15-18,20H2,1H3. The van der Waals surface area contributed by atoms with Crippen LogP contribution in [0.15, 0.2) is 83.8 Å². The molecule has 1 aliphatic rings.